The molecule has 3 rings (SSSR count). The smallest absolute Gasteiger partial charge is 0.224 e. The van der Waals surface area contributed by atoms with Crippen molar-refractivity contribution >= 4 is 33.0 Å². The van der Waals surface area contributed by atoms with Gasteiger partial charge in [0.15, 0.2) is 9.84 Å². The van der Waals surface area contributed by atoms with Gasteiger partial charge in [-0.1, -0.05) is 24.3 Å². The van der Waals surface area contributed by atoms with Gasteiger partial charge in [-0.2, -0.15) is 0 Å². The molecule has 0 radical (unpaired) electrons. The van der Waals surface area contributed by atoms with E-state index in [0.717, 1.165) is 11.1 Å². The first-order valence-corrected chi connectivity index (χ1v) is 11.5. The summed E-state index contributed by atoms with van der Waals surface area (Å²) < 4.78 is 24.3. The zero-order valence-corrected chi connectivity index (χ0v) is 17.5. The van der Waals surface area contributed by atoms with E-state index in [1.165, 1.54) is 0 Å². The molecule has 0 aromatic heterocycles. The Morgan fingerprint density at radius 2 is 1.24 bits per heavy atom. The molecular weight excluding hydrogens is 388 g/mol. The number of anilines is 2. The lowest BCUT2D eigenvalue weighted by Crippen LogP contribution is -2.25. The molecule has 1 saturated heterocycles. The number of sulfone groups is 1. The van der Waals surface area contributed by atoms with Crippen LogP contribution >= 0.6 is 0 Å². The van der Waals surface area contributed by atoms with Gasteiger partial charge in [0.05, 0.1) is 11.5 Å². The van der Waals surface area contributed by atoms with E-state index in [9.17, 15) is 18.0 Å². The number of rotatable bonds is 6. The molecule has 0 unspecified atom stereocenters. The lowest BCUT2D eigenvalue weighted by Gasteiger charge is -2.17. The van der Waals surface area contributed by atoms with E-state index in [0.29, 0.717) is 11.4 Å². The van der Waals surface area contributed by atoms with Crippen molar-refractivity contribution in [1.29, 1.82) is 0 Å². The number of carbonyl (C=O) groups excluding carboxylic acids is 2. The largest absolute Gasteiger partial charge is 0.326 e. The van der Waals surface area contributed by atoms with Gasteiger partial charge in [-0.3, -0.25) is 9.59 Å². The van der Waals surface area contributed by atoms with E-state index in [-0.39, 0.29) is 48.0 Å². The zero-order valence-electron chi connectivity index (χ0n) is 16.6. The van der Waals surface area contributed by atoms with E-state index >= 15 is 0 Å². The van der Waals surface area contributed by atoms with Gasteiger partial charge in [0, 0.05) is 24.2 Å². The minimum absolute atomic E-state index is 0.0589. The number of carbonyl (C=O) groups is 2. The van der Waals surface area contributed by atoms with Crippen LogP contribution in [0.15, 0.2) is 48.5 Å². The summed E-state index contributed by atoms with van der Waals surface area (Å²) in [4.78, 5) is 24.9. The average molecular weight is 415 g/mol. The van der Waals surface area contributed by atoms with Crippen molar-refractivity contribution in [2.45, 2.75) is 26.7 Å². The quantitative estimate of drug-likeness (QED) is 0.758. The second-order valence-corrected chi connectivity index (χ2v) is 9.99. The number of aryl methyl sites for hydroxylation is 2. The highest BCUT2D eigenvalue weighted by Crippen LogP contribution is 2.31. The molecule has 1 aliphatic heterocycles. The van der Waals surface area contributed by atoms with Crippen molar-refractivity contribution in [3.05, 3.63) is 59.7 Å². The Morgan fingerprint density at radius 3 is 1.62 bits per heavy atom. The lowest BCUT2D eigenvalue weighted by molar-refractivity contribution is -0.119. The molecule has 1 heterocycles. The Hall–Kier alpha value is -2.67. The lowest BCUT2D eigenvalue weighted by atomic mass is 9.89. The molecule has 0 saturated carbocycles. The van der Waals surface area contributed by atoms with E-state index in [4.69, 9.17) is 0 Å². The van der Waals surface area contributed by atoms with Gasteiger partial charge in [0.25, 0.3) is 0 Å². The zero-order chi connectivity index (χ0) is 21.0. The molecule has 154 valence electrons. The third kappa shape index (κ3) is 6.15. The van der Waals surface area contributed by atoms with Gasteiger partial charge in [-0.25, -0.2) is 8.42 Å². The Morgan fingerprint density at radius 1 is 0.828 bits per heavy atom. The normalized spacial score (nSPS) is 20.2. The fourth-order valence-corrected chi connectivity index (χ4v) is 6.01. The van der Waals surface area contributed by atoms with Crippen LogP contribution in [0.5, 0.6) is 0 Å². The molecule has 2 amide bonds. The van der Waals surface area contributed by atoms with Gasteiger partial charge < -0.3 is 10.6 Å². The number of hydrogen-bond donors (Lipinski definition) is 2. The third-order valence-corrected chi connectivity index (χ3v) is 6.97. The van der Waals surface area contributed by atoms with Crippen molar-refractivity contribution in [2.24, 2.45) is 11.8 Å². The Kier molecular flexibility index (Phi) is 6.37. The summed E-state index contributed by atoms with van der Waals surface area (Å²) in [6.45, 7) is 3.87. The van der Waals surface area contributed by atoms with Gasteiger partial charge in [0.2, 0.25) is 11.8 Å². The maximum atomic E-state index is 12.4. The van der Waals surface area contributed by atoms with Crippen LogP contribution in [0.25, 0.3) is 0 Å². The second kappa shape index (κ2) is 8.78. The molecule has 0 aliphatic carbocycles. The van der Waals surface area contributed by atoms with Crippen molar-refractivity contribution in [2.75, 3.05) is 22.1 Å². The Bertz CT molecular complexity index is 941. The second-order valence-electron chi connectivity index (χ2n) is 7.84. The average Bonchev–Trinajstić information content (AvgIpc) is 2.87. The van der Waals surface area contributed by atoms with Gasteiger partial charge in [-0.15, -0.1) is 0 Å². The summed E-state index contributed by atoms with van der Waals surface area (Å²) in [5.41, 5.74) is 3.42. The number of hydrogen-bond acceptors (Lipinski definition) is 4. The Labute approximate surface area is 171 Å². The van der Waals surface area contributed by atoms with E-state index in [2.05, 4.69) is 10.6 Å². The molecule has 1 aliphatic rings. The van der Waals surface area contributed by atoms with E-state index in [1.54, 1.807) is 12.1 Å². The third-order valence-electron chi connectivity index (χ3n) is 5.10. The van der Waals surface area contributed by atoms with Gasteiger partial charge in [0.1, 0.15) is 0 Å². The van der Waals surface area contributed by atoms with Crippen LogP contribution in [-0.4, -0.2) is 31.7 Å². The van der Waals surface area contributed by atoms with Crippen molar-refractivity contribution in [3.8, 4) is 0 Å². The monoisotopic (exact) mass is 414 g/mol. The van der Waals surface area contributed by atoms with Crippen LogP contribution in [0.4, 0.5) is 11.4 Å². The van der Waals surface area contributed by atoms with E-state index in [1.807, 2.05) is 50.2 Å². The number of nitrogens with one attached hydrogen (secondary N) is 2. The topological polar surface area (TPSA) is 92.3 Å². The fraction of sp³-hybridized carbons (Fsp3) is 0.364. The van der Waals surface area contributed by atoms with Crippen LogP contribution in [-0.2, 0) is 19.4 Å². The molecule has 1 fully saturated rings. The standard InChI is InChI=1S/C22H26N2O4S/c1-15-5-3-7-19(9-15)23-21(25)11-17-13-29(27,28)14-18(17)12-22(26)24-20-8-4-6-16(2)10-20/h3-10,17-18H,11-14H2,1-2H3,(H,23,25)(H,24,26)/t17-,18-/m1/s1. The van der Waals surface area contributed by atoms with Crippen LogP contribution in [0.1, 0.15) is 24.0 Å². The summed E-state index contributed by atoms with van der Waals surface area (Å²) in [6, 6.07) is 14.9. The SMILES string of the molecule is Cc1cccc(NC(=O)C[C@@H]2CS(=O)(=O)C[C@H]2CC(=O)Nc2cccc(C)c2)c1. The molecule has 2 aromatic carbocycles. The van der Waals surface area contributed by atoms with Crippen molar-refractivity contribution < 1.29 is 18.0 Å². The number of benzene rings is 2. The summed E-state index contributed by atoms with van der Waals surface area (Å²) in [5, 5.41) is 5.65. The fourth-order valence-electron chi connectivity index (χ4n) is 3.79. The molecule has 2 aromatic rings. The highest BCUT2D eigenvalue weighted by atomic mass is 32.2. The molecule has 6 nitrogen and oxygen atoms in total. The molecule has 2 N–H and O–H groups in total. The predicted octanol–water partition coefficient (Wildman–Crippen LogP) is 3.32. The summed E-state index contributed by atoms with van der Waals surface area (Å²) in [5.74, 6) is -1.32. The highest BCUT2D eigenvalue weighted by Gasteiger charge is 2.39. The Balaban J connectivity index is 1.62. The maximum Gasteiger partial charge on any atom is 0.224 e. The summed E-state index contributed by atoms with van der Waals surface area (Å²) in [7, 11) is -3.26. The van der Waals surface area contributed by atoms with Gasteiger partial charge >= 0.3 is 0 Å². The summed E-state index contributed by atoms with van der Waals surface area (Å²) >= 11 is 0. The first-order chi connectivity index (χ1) is 13.7. The minimum Gasteiger partial charge on any atom is -0.326 e. The predicted molar refractivity (Wildman–Crippen MR) is 114 cm³/mol. The highest BCUT2D eigenvalue weighted by molar-refractivity contribution is 7.91. The van der Waals surface area contributed by atoms with Crippen LogP contribution < -0.4 is 10.6 Å². The van der Waals surface area contributed by atoms with Crippen LogP contribution in [0.2, 0.25) is 0 Å². The van der Waals surface area contributed by atoms with Crippen molar-refractivity contribution in [3.63, 3.8) is 0 Å². The first kappa shape index (κ1) is 21.0. The molecule has 29 heavy (non-hydrogen) atoms. The molecule has 0 spiro atoms. The molecule has 0 bridgehead atoms. The van der Waals surface area contributed by atoms with Gasteiger partial charge in [-0.05, 0) is 61.1 Å². The summed E-state index contributed by atoms with van der Waals surface area (Å²) in [6.07, 6.45) is 0.158. The molecular formula is C22H26N2O4S. The number of amides is 2. The maximum absolute atomic E-state index is 12.4. The van der Waals surface area contributed by atoms with Crippen LogP contribution in [0, 0.1) is 25.7 Å². The van der Waals surface area contributed by atoms with Crippen molar-refractivity contribution in [1.82, 2.24) is 0 Å². The van der Waals surface area contributed by atoms with E-state index < -0.39 is 9.84 Å². The minimum atomic E-state index is -3.26. The van der Waals surface area contributed by atoms with Crippen LogP contribution in [0.3, 0.4) is 0 Å². The first-order valence-electron chi connectivity index (χ1n) is 9.64. The molecule has 7 heteroatoms. The molecule has 2 atom stereocenters.